The molecular formula is C18H23NO5. The first-order chi connectivity index (χ1) is 11.3. The van der Waals surface area contributed by atoms with Crippen molar-refractivity contribution in [1.29, 1.82) is 0 Å². The van der Waals surface area contributed by atoms with E-state index in [4.69, 9.17) is 14.2 Å². The highest BCUT2D eigenvalue weighted by Gasteiger charge is 2.35. The van der Waals surface area contributed by atoms with Crippen LogP contribution in [-0.2, 0) is 19.0 Å². The highest BCUT2D eigenvalue weighted by molar-refractivity contribution is 6.00. The molecule has 24 heavy (non-hydrogen) atoms. The molecule has 6 nitrogen and oxygen atoms in total. The van der Waals surface area contributed by atoms with Gasteiger partial charge in [-0.15, -0.1) is 0 Å². The summed E-state index contributed by atoms with van der Waals surface area (Å²) in [4.78, 5) is 24.5. The minimum atomic E-state index is -0.697. The third kappa shape index (κ3) is 4.50. The molecule has 0 aromatic heterocycles. The number of hydrogen-bond acceptors (Lipinski definition) is 5. The minimum Gasteiger partial charge on any atom is -0.465 e. The van der Waals surface area contributed by atoms with E-state index < -0.39 is 17.7 Å². The monoisotopic (exact) mass is 333 g/mol. The fraction of sp³-hybridized carbons (Fsp3) is 0.444. The molecule has 0 fully saturated rings. The summed E-state index contributed by atoms with van der Waals surface area (Å²) in [5.41, 5.74) is 0.404. The van der Waals surface area contributed by atoms with Crippen LogP contribution < -0.4 is 5.32 Å². The Hall–Kier alpha value is -2.50. The molecule has 0 saturated carbocycles. The van der Waals surface area contributed by atoms with Crippen LogP contribution in [0, 0.1) is 0 Å². The summed E-state index contributed by atoms with van der Waals surface area (Å²) in [5, 5.41) is 2.75. The molecule has 0 spiro atoms. The second kappa shape index (κ2) is 7.38. The predicted octanol–water partition coefficient (Wildman–Crippen LogP) is 3.10. The molecule has 0 bridgehead atoms. The molecule has 1 aromatic rings. The lowest BCUT2D eigenvalue weighted by atomic mass is 9.97. The molecule has 1 aliphatic heterocycles. The van der Waals surface area contributed by atoms with E-state index in [1.807, 2.05) is 30.3 Å². The number of ketones is 1. The fourth-order valence-electron chi connectivity index (χ4n) is 2.32. The Bertz CT molecular complexity index is 631. The van der Waals surface area contributed by atoms with E-state index in [-0.39, 0.29) is 18.3 Å². The van der Waals surface area contributed by atoms with Gasteiger partial charge in [-0.3, -0.25) is 4.79 Å². The Morgan fingerprint density at radius 2 is 1.96 bits per heavy atom. The SMILES string of the molecule is CCOC1=C([C@@H](NC(=O)OC(C)(C)C)c2ccccc2)C(=O)CO1. The third-order valence-corrected chi connectivity index (χ3v) is 3.21. The highest BCUT2D eigenvalue weighted by atomic mass is 16.7. The maximum Gasteiger partial charge on any atom is 0.408 e. The summed E-state index contributed by atoms with van der Waals surface area (Å²) in [6.45, 7) is 7.40. The maximum absolute atomic E-state index is 12.3. The Morgan fingerprint density at radius 3 is 2.54 bits per heavy atom. The lowest BCUT2D eigenvalue weighted by Gasteiger charge is -2.24. The summed E-state index contributed by atoms with van der Waals surface area (Å²) in [7, 11) is 0. The first kappa shape index (κ1) is 17.8. The molecule has 0 saturated heterocycles. The molecule has 130 valence electrons. The van der Waals surface area contributed by atoms with Gasteiger partial charge >= 0.3 is 6.09 Å². The van der Waals surface area contributed by atoms with Crippen LogP contribution in [0.1, 0.15) is 39.3 Å². The number of rotatable bonds is 5. The largest absolute Gasteiger partial charge is 0.465 e. The van der Waals surface area contributed by atoms with Crippen molar-refractivity contribution in [3.05, 3.63) is 47.4 Å². The zero-order chi connectivity index (χ0) is 17.7. The van der Waals surface area contributed by atoms with Gasteiger partial charge in [0.1, 0.15) is 11.2 Å². The smallest absolute Gasteiger partial charge is 0.408 e. The summed E-state index contributed by atoms with van der Waals surface area (Å²) in [6.07, 6.45) is -0.612. The molecule has 1 atom stereocenters. The molecule has 0 unspecified atom stereocenters. The zero-order valence-corrected chi connectivity index (χ0v) is 14.4. The standard InChI is InChI=1S/C18H23NO5/c1-5-22-16-14(13(20)11-23-16)15(12-9-7-6-8-10-12)19-17(21)24-18(2,3)4/h6-10,15H,5,11H2,1-4H3,(H,19,21)/t15-/m0/s1. The molecule has 1 aliphatic rings. The number of benzene rings is 1. The van der Waals surface area contributed by atoms with Crippen LogP contribution in [0.15, 0.2) is 41.9 Å². The molecule has 1 aromatic carbocycles. The number of ether oxygens (including phenoxy) is 3. The third-order valence-electron chi connectivity index (χ3n) is 3.21. The van der Waals surface area contributed by atoms with Crippen molar-refractivity contribution in [3.8, 4) is 0 Å². The first-order valence-electron chi connectivity index (χ1n) is 7.89. The van der Waals surface area contributed by atoms with E-state index in [1.165, 1.54) is 0 Å². The number of nitrogens with one attached hydrogen (secondary N) is 1. The molecule has 1 amide bonds. The van der Waals surface area contributed by atoms with Gasteiger partial charge in [-0.25, -0.2) is 4.79 Å². The van der Waals surface area contributed by atoms with Crippen LogP contribution in [-0.4, -0.2) is 30.7 Å². The van der Waals surface area contributed by atoms with E-state index in [2.05, 4.69) is 5.32 Å². The summed E-state index contributed by atoms with van der Waals surface area (Å²) >= 11 is 0. The predicted molar refractivity (Wildman–Crippen MR) is 88.2 cm³/mol. The van der Waals surface area contributed by atoms with E-state index in [0.717, 1.165) is 5.56 Å². The quantitative estimate of drug-likeness (QED) is 0.896. The van der Waals surface area contributed by atoms with Crippen LogP contribution in [0.25, 0.3) is 0 Å². The molecule has 1 N–H and O–H groups in total. The van der Waals surface area contributed by atoms with Gasteiger partial charge < -0.3 is 19.5 Å². The summed E-state index contributed by atoms with van der Waals surface area (Å²) < 4.78 is 16.0. The van der Waals surface area contributed by atoms with Crippen LogP contribution in [0.5, 0.6) is 0 Å². The van der Waals surface area contributed by atoms with E-state index in [9.17, 15) is 9.59 Å². The van der Waals surface area contributed by atoms with Crippen LogP contribution in [0.2, 0.25) is 0 Å². The van der Waals surface area contributed by atoms with Crippen molar-refractivity contribution in [3.63, 3.8) is 0 Å². The number of carbonyl (C=O) groups is 2. The lowest BCUT2D eigenvalue weighted by molar-refractivity contribution is -0.117. The van der Waals surface area contributed by atoms with Gasteiger partial charge in [-0.2, -0.15) is 0 Å². The molecule has 2 rings (SSSR count). The van der Waals surface area contributed by atoms with Crippen molar-refractivity contribution < 1.29 is 23.8 Å². The Balaban J connectivity index is 2.35. The maximum atomic E-state index is 12.3. The summed E-state index contributed by atoms with van der Waals surface area (Å²) in [5.74, 6) is -0.0595. The fourth-order valence-corrected chi connectivity index (χ4v) is 2.32. The van der Waals surface area contributed by atoms with Gasteiger partial charge in [-0.05, 0) is 33.3 Å². The molecule has 1 heterocycles. The minimum absolute atomic E-state index is 0.0933. The van der Waals surface area contributed by atoms with E-state index in [1.54, 1.807) is 27.7 Å². The van der Waals surface area contributed by atoms with Crippen LogP contribution in [0.4, 0.5) is 4.79 Å². The van der Waals surface area contributed by atoms with Crippen molar-refractivity contribution in [2.45, 2.75) is 39.3 Å². The van der Waals surface area contributed by atoms with E-state index >= 15 is 0 Å². The number of hydrogen-bond donors (Lipinski definition) is 1. The zero-order valence-electron chi connectivity index (χ0n) is 14.4. The van der Waals surface area contributed by atoms with Crippen molar-refractivity contribution in [2.75, 3.05) is 13.2 Å². The number of alkyl carbamates (subject to hydrolysis) is 1. The van der Waals surface area contributed by atoms with Gasteiger partial charge in [0.2, 0.25) is 5.78 Å². The Morgan fingerprint density at radius 1 is 1.29 bits per heavy atom. The van der Waals surface area contributed by atoms with Gasteiger partial charge in [-0.1, -0.05) is 30.3 Å². The number of carbonyl (C=O) groups excluding carboxylic acids is 2. The van der Waals surface area contributed by atoms with E-state index in [0.29, 0.717) is 12.2 Å². The van der Waals surface area contributed by atoms with Crippen molar-refractivity contribution >= 4 is 11.9 Å². The van der Waals surface area contributed by atoms with Gasteiger partial charge in [0.25, 0.3) is 5.95 Å². The van der Waals surface area contributed by atoms with Gasteiger partial charge in [0.15, 0.2) is 6.61 Å². The summed E-state index contributed by atoms with van der Waals surface area (Å²) in [6, 6.07) is 8.48. The topological polar surface area (TPSA) is 73.9 Å². The number of amides is 1. The Kier molecular flexibility index (Phi) is 5.49. The molecular weight excluding hydrogens is 310 g/mol. The average molecular weight is 333 g/mol. The van der Waals surface area contributed by atoms with Crippen molar-refractivity contribution in [1.82, 2.24) is 5.32 Å². The van der Waals surface area contributed by atoms with Crippen LogP contribution >= 0.6 is 0 Å². The second-order valence-corrected chi connectivity index (χ2v) is 6.34. The normalized spacial score (nSPS) is 15.8. The number of Topliss-reactive ketones (excluding diaryl/α,β-unsaturated/α-hetero) is 1. The van der Waals surface area contributed by atoms with Gasteiger partial charge in [0.05, 0.1) is 12.6 Å². The van der Waals surface area contributed by atoms with Gasteiger partial charge in [0, 0.05) is 0 Å². The first-order valence-corrected chi connectivity index (χ1v) is 7.89. The highest BCUT2D eigenvalue weighted by Crippen LogP contribution is 2.30. The average Bonchev–Trinajstić information content (AvgIpc) is 2.85. The molecule has 0 radical (unpaired) electrons. The molecule has 6 heteroatoms. The van der Waals surface area contributed by atoms with Crippen molar-refractivity contribution in [2.24, 2.45) is 0 Å². The van der Waals surface area contributed by atoms with Crippen LogP contribution in [0.3, 0.4) is 0 Å². The Labute approximate surface area is 141 Å². The second-order valence-electron chi connectivity index (χ2n) is 6.34. The lowest BCUT2D eigenvalue weighted by Crippen LogP contribution is -2.36. The molecule has 0 aliphatic carbocycles.